The highest BCUT2D eigenvalue weighted by Gasteiger charge is 2.06. The van der Waals surface area contributed by atoms with Crippen LogP contribution in [0.4, 0.5) is 11.6 Å². The largest absolute Gasteiger partial charge is 0.324 e. The van der Waals surface area contributed by atoms with E-state index in [2.05, 4.69) is 73.3 Å². The van der Waals surface area contributed by atoms with Crippen LogP contribution in [0, 0.1) is 3.57 Å². The van der Waals surface area contributed by atoms with Crippen molar-refractivity contribution in [3.8, 4) is 0 Å². The van der Waals surface area contributed by atoms with E-state index in [0.717, 1.165) is 34.0 Å². The summed E-state index contributed by atoms with van der Waals surface area (Å²) in [6, 6.07) is 22.7. The molecule has 2 aromatic heterocycles. The second-order valence-electron chi connectivity index (χ2n) is 6.58. The van der Waals surface area contributed by atoms with Gasteiger partial charge in [0, 0.05) is 26.2 Å². The average molecular weight is 477 g/mol. The van der Waals surface area contributed by atoms with E-state index in [1.807, 2.05) is 53.5 Å². The van der Waals surface area contributed by atoms with E-state index in [-0.39, 0.29) is 0 Å². The van der Waals surface area contributed by atoms with Crippen molar-refractivity contribution in [2.75, 3.05) is 5.32 Å². The molecule has 0 bridgehead atoms. The summed E-state index contributed by atoms with van der Waals surface area (Å²) in [4.78, 5) is 9.04. The molecule has 0 aliphatic heterocycles. The van der Waals surface area contributed by atoms with Gasteiger partial charge >= 0.3 is 0 Å². The Morgan fingerprint density at radius 2 is 1.79 bits per heavy atom. The average Bonchev–Trinajstić information content (AvgIpc) is 3.11. The maximum Gasteiger partial charge on any atom is 0.227 e. The molecule has 0 fully saturated rings. The molecule has 3 aromatic carbocycles. The molecule has 1 N–H and O–H groups in total. The van der Waals surface area contributed by atoms with E-state index < -0.39 is 0 Å². The molecule has 28 heavy (non-hydrogen) atoms. The Labute approximate surface area is 175 Å². The van der Waals surface area contributed by atoms with Crippen LogP contribution in [0.2, 0.25) is 0 Å². The predicted octanol–water partition coefficient (Wildman–Crippen LogP) is 5.38. The molecule has 0 spiro atoms. The van der Waals surface area contributed by atoms with Crippen LogP contribution < -0.4 is 5.32 Å². The molecule has 5 rings (SSSR count). The zero-order valence-corrected chi connectivity index (χ0v) is 17.0. The van der Waals surface area contributed by atoms with E-state index in [1.54, 1.807) is 0 Å². The topological polar surface area (TPSA) is 55.6 Å². The molecule has 0 aliphatic carbocycles. The lowest BCUT2D eigenvalue weighted by Gasteiger charge is -2.07. The number of rotatable bonds is 4. The SMILES string of the molecule is Ic1ccc2nc(Nc3ccc4c(cnn4Cc4ccccc4)c3)ncc2c1. The molecule has 0 radical (unpaired) electrons. The van der Waals surface area contributed by atoms with Crippen molar-refractivity contribution in [1.29, 1.82) is 0 Å². The quantitative estimate of drug-likeness (QED) is 0.354. The standard InChI is InChI=1S/C22H16IN5/c23-18-6-8-20-16(10-18)12-24-22(27-20)26-19-7-9-21-17(11-19)13-25-28(21)14-15-4-2-1-3-5-15/h1-13H,14H2,(H,24,26,27). The summed E-state index contributed by atoms with van der Waals surface area (Å²) >= 11 is 2.29. The Balaban J connectivity index is 1.42. The molecule has 136 valence electrons. The van der Waals surface area contributed by atoms with Crippen molar-refractivity contribution < 1.29 is 0 Å². The number of benzene rings is 3. The minimum atomic E-state index is 0.588. The smallest absolute Gasteiger partial charge is 0.227 e. The first kappa shape index (κ1) is 17.1. The fraction of sp³-hybridized carbons (Fsp3) is 0.0455. The van der Waals surface area contributed by atoms with Crippen molar-refractivity contribution in [3.63, 3.8) is 0 Å². The van der Waals surface area contributed by atoms with E-state index in [4.69, 9.17) is 0 Å². The molecule has 0 atom stereocenters. The Kier molecular flexibility index (Phi) is 4.40. The van der Waals surface area contributed by atoms with Gasteiger partial charge in [-0.15, -0.1) is 0 Å². The number of fused-ring (bicyclic) bond motifs is 2. The van der Waals surface area contributed by atoms with Gasteiger partial charge in [0.05, 0.1) is 23.8 Å². The maximum atomic E-state index is 4.61. The van der Waals surface area contributed by atoms with Crippen molar-refractivity contribution in [2.45, 2.75) is 6.54 Å². The number of halogens is 1. The molecule has 0 saturated heterocycles. The second-order valence-corrected chi connectivity index (χ2v) is 7.83. The van der Waals surface area contributed by atoms with Crippen LogP contribution >= 0.6 is 22.6 Å². The van der Waals surface area contributed by atoms with E-state index in [1.165, 1.54) is 9.13 Å². The third-order valence-electron chi connectivity index (χ3n) is 4.61. The number of anilines is 2. The Morgan fingerprint density at radius 3 is 2.68 bits per heavy atom. The van der Waals surface area contributed by atoms with Crippen LogP contribution in [0.25, 0.3) is 21.8 Å². The highest BCUT2D eigenvalue weighted by atomic mass is 127. The summed E-state index contributed by atoms with van der Waals surface area (Å²) in [6.07, 6.45) is 3.75. The fourth-order valence-electron chi connectivity index (χ4n) is 3.24. The van der Waals surface area contributed by atoms with Gasteiger partial charge in [0.1, 0.15) is 0 Å². The van der Waals surface area contributed by atoms with Gasteiger partial charge in [0.15, 0.2) is 0 Å². The summed E-state index contributed by atoms with van der Waals surface area (Å²) in [5.41, 5.74) is 4.20. The molecule has 2 heterocycles. The van der Waals surface area contributed by atoms with Gasteiger partial charge in [-0.2, -0.15) is 5.10 Å². The van der Waals surface area contributed by atoms with Gasteiger partial charge in [-0.3, -0.25) is 4.68 Å². The Bertz CT molecular complexity index is 1280. The third-order valence-corrected chi connectivity index (χ3v) is 5.29. The minimum absolute atomic E-state index is 0.588. The summed E-state index contributed by atoms with van der Waals surface area (Å²) in [5.74, 6) is 0.588. The van der Waals surface area contributed by atoms with Crippen molar-refractivity contribution in [1.82, 2.24) is 19.7 Å². The number of hydrogen-bond donors (Lipinski definition) is 1. The molecule has 6 heteroatoms. The zero-order chi connectivity index (χ0) is 18.9. The molecular weight excluding hydrogens is 461 g/mol. The minimum Gasteiger partial charge on any atom is -0.324 e. The number of nitrogens with one attached hydrogen (secondary N) is 1. The summed E-state index contributed by atoms with van der Waals surface area (Å²) in [5, 5.41) is 9.96. The fourth-order valence-corrected chi connectivity index (χ4v) is 3.76. The first-order chi connectivity index (χ1) is 13.7. The molecule has 0 amide bonds. The Morgan fingerprint density at radius 1 is 0.893 bits per heavy atom. The van der Waals surface area contributed by atoms with E-state index in [9.17, 15) is 0 Å². The van der Waals surface area contributed by atoms with Crippen molar-refractivity contribution in [2.24, 2.45) is 0 Å². The van der Waals surface area contributed by atoms with Crippen molar-refractivity contribution in [3.05, 3.63) is 88.3 Å². The van der Waals surface area contributed by atoms with Gasteiger partial charge in [0.2, 0.25) is 5.95 Å². The van der Waals surface area contributed by atoms with Crippen LogP contribution in [-0.4, -0.2) is 19.7 Å². The number of aromatic nitrogens is 4. The van der Waals surface area contributed by atoms with Gasteiger partial charge in [-0.1, -0.05) is 30.3 Å². The van der Waals surface area contributed by atoms with Crippen LogP contribution in [0.5, 0.6) is 0 Å². The van der Waals surface area contributed by atoms with Crippen LogP contribution in [0.3, 0.4) is 0 Å². The Hall–Kier alpha value is -3.00. The lowest BCUT2D eigenvalue weighted by Crippen LogP contribution is -2.01. The lowest BCUT2D eigenvalue weighted by molar-refractivity contribution is 0.712. The highest BCUT2D eigenvalue weighted by molar-refractivity contribution is 14.1. The summed E-state index contributed by atoms with van der Waals surface area (Å²) in [7, 11) is 0. The molecule has 5 aromatic rings. The van der Waals surface area contributed by atoms with Gasteiger partial charge in [0.25, 0.3) is 0 Å². The summed E-state index contributed by atoms with van der Waals surface area (Å²) < 4.78 is 3.19. The van der Waals surface area contributed by atoms with Crippen molar-refractivity contribution >= 4 is 56.0 Å². The highest BCUT2D eigenvalue weighted by Crippen LogP contribution is 2.23. The molecule has 0 aliphatic rings. The molecule has 0 unspecified atom stereocenters. The monoisotopic (exact) mass is 477 g/mol. The zero-order valence-electron chi connectivity index (χ0n) is 14.9. The van der Waals surface area contributed by atoms with E-state index >= 15 is 0 Å². The normalized spacial score (nSPS) is 11.2. The first-order valence-corrected chi connectivity index (χ1v) is 10.0. The third kappa shape index (κ3) is 3.43. The second kappa shape index (κ2) is 7.20. The molecular formula is C22H16IN5. The first-order valence-electron chi connectivity index (χ1n) is 8.93. The predicted molar refractivity (Wildman–Crippen MR) is 121 cm³/mol. The summed E-state index contributed by atoms with van der Waals surface area (Å²) in [6.45, 7) is 0.754. The maximum absolute atomic E-state index is 4.61. The van der Waals surface area contributed by atoms with Crippen LogP contribution in [-0.2, 0) is 6.54 Å². The van der Waals surface area contributed by atoms with Gasteiger partial charge < -0.3 is 5.32 Å². The van der Waals surface area contributed by atoms with Crippen LogP contribution in [0.1, 0.15) is 5.56 Å². The van der Waals surface area contributed by atoms with Gasteiger partial charge in [-0.25, -0.2) is 9.97 Å². The number of nitrogens with zero attached hydrogens (tertiary/aromatic N) is 4. The number of hydrogen-bond acceptors (Lipinski definition) is 4. The molecule has 0 saturated carbocycles. The van der Waals surface area contributed by atoms with E-state index in [0.29, 0.717) is 5.95 Å². The molecule has 5 nitrogen and oxygen atoms in total. The van der Waals surface area contributed by atoms with Gasteiger partial charge in [-0.05, 0) is 64.6 Å². The lowest BCUT2D eigenvalue weighted by atomic mass is 10.2. The van der Waals surface area contributed by atoms with Crippen LogP contribution in [0.15, 0.2) is 79.1 Å².